The van der Waals surface area contributed by atoms with Gasteiger partial charge in [-0.05, 0) is 68.3 Å². The van der Waals surface area contributed by atoms with E-state index in [2.05, 4.69) is 5.32 Å². The van der Waals surface area contributed by atoms with Crippen LogP contribution in [0.3, 0.4) is 0 Å². The van der Waals surface area contributed by atoms with E-state index >= 15 is 0 Å². The fourth-order valence-corrected chi connectivity index (χ4v) is 3.73. The zero-order valence-corrected chi connectivity index (χ0v) is 21.5. The highest BCUT2D eigenvalue weighted by molar-refractivity contribution is 5.95. The van der Waals surface area contributed by atoms with Gasteiger partial charge in [0.15, 0.2) is 23.4 Å². The number of hydrogen-bond donors (Lipinski definition) is 4. The molecule has 0 bridgehead atoms. The molecule has 0 aromatic heterocycles. The second-order valence-electron chi connectivity index (χ2n) is 8.44. The lowest BCUT2D eigenvalue weighted by atomic mass is 9.99. The van der Waals surface area contributed by atoms with E-state index in [0.717, 1.165) is 0 Å². The van der Waals surface area contributed by atoms with Gasteiger partial charge in [-0.25, -0.2) is 10.3 Å². The van der Waals surface area contributed by atoms with Gasteiger partial charge in [0.1, 0.15) is 11.9 Å². The molecular formula is C29H30N2O8. The molecule has 0 fully saturated rings. The third-order valence-corrected chi connectivity index (χ3v) is 5.67. The van der Waals surface area contributed by atoms with Crippen molar-refractivity contribution in [1.29, 1.82) is 0 Å². The maximum absolute atomic E-state index is 13.0. The highest BCUT2D eigenvalue weighted by atomic mass is 16.6. The fraction of sp³-hybridized carbons (Fsp3) is 0.207. The van der Waals surface area contributed by atoms with E-state index in [1.807, 2.05) is 6.07 Å². The molecule has 3 rings (SSSR count). The lowest BCUT2D eigenvalue weighted by Gasteiger charge is -2.28. The number of anilines is 1. The normalized spacial score (nSPS) is 12.3. The number of allylic oxidation sites excluding steroid dienone is 1. The van der Waals surface area contributed by atoms with Gasteiger partial charge in [0, 0.05) is 22.9 Å². The number of carbonyl (C=O) groups is 3. The third-order valence-electron chi connectivity index (χ3n) is 5.67. The summed E-state index contributed by atoms with van der Waals surface area (Å²) in [5, 5.41) is 21.8. The van der Waals surface area contributed by atoms with E-state index < -0.39 is 24.2 Å². The lowest BCUT2D eigenvalue weighted by molar-refractivity contribution is -0.124. The Bertz CT molecular complexity index is 1290. The first-order valence-corrected chi connectivity index (χ1v) is 12.1. The SMILES string of the molecule is COc1ccc([C@H](OC(=O)Nc2ccc(C(C)=O)cc2)[C@H](CC/C=C/C(=O)NO)Oc2ccccc2)cc1O. The molecule has 0 heterocycles. The van der Waals surface area contributed by atoms with Crippen LogP contribution >= 0.6 is 0 Å². The first-order valence-electron chi connectivity index (χ1n) is 12.1. The Kier molecular flexibility index (Phi) is 10.5. The van der Waals surface area contributed by atoms with Gasteiger partial charge >= 0.3 is 6.09 Å². The first kappa shape index (κ1) is 28.7. The summed E-state index contributed by atoms with van der Waals surface area (Å²) in [7, 11) is 1.42. The Morgan fingerprint density at radius 3 is 2.33 bits per heavy atom. The molecule has 0 radical (unpaired) electrons. The number of rotatable bonds is 12. The summed E-state index contributed by atoms with van der Waals surface area (Å²) in [6.07, 6.45) is 0.802. The minimum absolute atomic E-state index is 0.102. The standard InChI is InChI=1S/C29H30N2O8/c1-19(32)20-12-15-22(16-13-20)30-29(35)39-28(21-14-17-25(37-2)24(33)18-21)26(10-6-7-11-27(34)31-36)38-23-8-4-3-5-9-23/h3-5,7-9,11-18,26,28,33,36H,6,10H2,1-2H3,(H,30,35)(H,31,34)/b11-7+/t26-,28-/m0/s1. The molecule has 10 nitrogen and oxygen atoms in total. The van der Waals surface area contributed by atoms with E-state index in [1.165, 1.54) is 31.7 Å². The van der Waals surface area contributed by atoms with Gasteiger partial charge in [-0.15, -0.1) is 0 Å². The Morgan fingerprint density at radius 1 is 1.00 bits per heavy atom. The summed E-state index contributed by atoms with van der Waals surface area (Å²) in [6, 6.07) is 19.9. The molecule has 0 aliphatic rings. The van der Waals surface area contributed by atoms with Crippen molar-refractivity contribution in [3.05, 3.63) is 96.1 Å². The van der Waals surface area contributed by atoms with E-state index in [4.69, 9.17) is 19.4 Å². The quantitative estimate of drug-likeness (QED) is 0.108. The topological polar surface area (TPSA) is 143 Å². The molecule has 4 N–H and O–H groups in total. The number of ether oxygens (including phenoxy) is 3. The van der Waals surface area contributed by atoms with Crippen LogP contribution in [0.5, 0.6) is 17.2 Å². The summed E-state index contributed by atoms with van der Waals surface area (Å²) >= 11 is 0. The third kappa shape index (κ3) is 8.61. The number of benzene rings is 3. The Labute approximate surface area is 225 Å². The molecule has 10 heteroatoms. The van der Waals surface area contributed by atoms with Crippen LogP contribution in [0.2, 0.25) is 0 Å². The van der Waals surface area contributed by atoms with Crippen molar-refractivity contribution in [2.45, 2.75) is 32.0 Å². The van der Waals surface area contributed by atoms with Gasteiger partial charge in [0.05, 0.1) is 7.11 Å². The van der Waals surface area contributed by atoms with E-state index in [1.54, 1.807) is 66.7 Å². The highest BCUT2D eigenvalue weighted by Gasteiger charge is 2.30. The molecule has 2 atom stereocenters. The number of hydroxylamine groups is 1. The summed E-state index contributed by atoms with van der Waals surface area (Å²) < 4.78 is 17.2. The van der Waals surface area contributed by atoms with Crippen LogP contribution in [0.1, 0.15) is 41.8 Å². The molecule has 0 aliphatic carbocycles. The van der Waals surface area contributed by atoms with Crippen molar-refractivity contribution in [1.82, 2.24) is 5.48 Å². The fourth-order valence-electron chi connectivity index (χ4n) is 3.73. The predicted octanol–water partition coefficient (Wildman–Crippen LogP) is 5.18. The minimum Gasteiger partial charge on any atom is -0.504 e. The van der Waals surface area contributed by atoms with E-state index in [0.29, 0.717) is 35.4 Å². The van der Waals surface area contributed by atoms with Crippen LogP contribution in [0.4, 0.5) is 10.5 Å². The number of nitrogens with one attached hydrogen (secondary N) is 2. The van der Waals surface area contributed by atoms with Crippen LogP contribution in [-0.4, -0.2) is 41.3 Å². The van der Waals surface area contributed by atoms with E-state index in [-0.39, 0.29) is 17.3 Å². The number of methoxy groups -OCH3 is 1. The molecule has 0 spiro atoms. The number of hydrogen-bond acceptors (Lipinski definition) is 8. The van der Waals surface area contributed by atoms with Gasteiger partial charge in [-0.3, -0.25) is 20.1 Å². The smallest absolute Gasteiger partial charge is 0.412 e. The molecular weight excluding hydrogens is 504 g/mol. The van der Waals surface area contributed by atoms with Crippen LogP contribution in [-0.2, 0) is 9.53 Å². The Balaban J connectivity index is 1.91. The first-order chi connectivity index (χ1) is 18.8. The average Bonchev–Trinajstić information content (AvgIpc) is 2.94. The average molecular weight is 535 g/mol. The zero-order chi connectivity index (χ0) is 28.2. The summed E-state index contributed by atoms with van der Waals surface area (Å²) in [4.78, 5) is 35.9. The molecule has 0 aliphatic heterocycles. The molecule has 0 saturated carbocycles. The van der Waals surface area contributed by atoms with Gasteiger partial charge < -0.3 is 19.3 Å². The van der Waals surface area contributed by atoms with Gasteiger partial charge in [-0.1, -0.05) is 30.3 Å². The molecule has 39 heavy (non-hydrogen) atoms. The van der Waals surface area contributed by atoms with Crippen LogP contribution in [0.15, 0.2) is 84.9 Å². The number of phenolic OH excluding ortho intramolecular Hbond substituents is 1. The monoisotopic (exact) mass is 534 g/mol. The molecule has 204 valence electrons. The molecule has 2 amide bonds. The number of aromatic hydroxyl groups is 1. The second-order valence-corrected chi connectivity index (χ2v) is 8.44. The zero-order valence-electron chi connectivity index (χ0n) is 21.5. The maximum Gasteiger partial charge on any atom is 0.412 e. The van der Waals surface area contributed by atoms with Crippen molar-refractivity contribution in [3.8, 4) is 17.2 Å². The number of phenols is 1. The van der Waals surface area contributed by atoms with Crippen molar-refractivity contribution < 1.29 is 38.9 Å². The number of para-hydroxylation sites is 1. The number of Topliss-reactive ketones (excluding diaryl/α,β-unsaturated/α-hetero) is 1. The van der Waals surface area contributed by atoms with Crippen molar-refractivity contribution >= 4 is 23.5 Å². The molecule has 3 aromatic carbocycles. The molecule has 0 unspecified atom stereocenters. The van der Waals surface area contributed by atoms with Gasteiger partial charge in [0.25, 0.3) is 5.91 Å². The van der Waals surface area contributed by atoms with Crippen LogP contribution in [0, 0.1) is 0 Å². The second kappa shape index (κ2) is 14.2. The van der Waals surface area contributed by atoms with Crippen molar-refractivity contribution in [2.24, 2.45) is 0 Å². The Morgan fingerprint density at radius 2 is 1.72 bits per heavy atom. The largest absolute Gasteiger partial charge is 0.504 e. The minimum atomic E-state index is -1.00. The summed E-state index contributed by atoms with van der Waals surface area (Å²) in [5.74, 6) is -0.174. The molecule has 0 saturated heterocycles. The van der Waals surface area contributed by atoms with Gasteiger partial charge in [-0.2, -0.15) is 0 Å². The summed E-state index contributed by atoms with van der Waals surface area (Å²) in [6.45, 7) is 1.45. The highest BCUT2D eigenvalue weighted by Crippen LogP contribution is 2.34. The Hall–Kier alpha value is -4.83. The number of ketones is 1. The number of amides is 2. The van der Waals surface area contributed by atoms with Crippen molar-refractivity contribution in [2.75, 3.05) is 12.4 Å². The predicted molar refractivity (Wildman–Crippen MR) is 143 cm³/mol. The van der Waals surface area contributed by atoms with Crippen LogP contribution < -0.4 is 20.3 Å². The van der Waals surface area contributed by atoms with Crippen molar-refractivity contribution in [3.63, 3.8) is 0 Å². The van der Waals surface area contributed by atoms with E-state index in [9.17, 15) is 19.5 Å². The van der Waals surface area contributed by atoms with Crippen LogP contribution in [0.25, 0.3) is 0 Å². The number of carbonyl (C=O) groups excluding carboxylic acids is 3. The lowest BCUT2D eigenvalue weighted by Crippen LogP contribution is -2.31. The summed E-state index contributed by atoms with van der Waals surface area (Å²) in [5.41, 5.74) is 2.88. The molecule has 3 aromatic rings. The maximum atomic E-state index is 13.0. The van der Waals surface area contributed by atoms with Gasteiger partial charge in [0.2, 0.25) is 0 Å².